The highest BCUT2D eigenvalue weighted by Crippen LogP contribution is 2.26. The van der Waals surface area contributed by atoms with Gasteiger partial charge in [-0.05, 0) is 12.1 Å². The summed E-state index contributed by atoms with van der Waals surface area (Å²) >= 11 is 0. The largest absolute Gasteiger partial charge is 0.398 e. The zero-order chi connectivity index (χ0) is 15.8. The molecular formula is C10H15FN4O4S2. The number of halogens is 1. The third kappa shape index (κ3) is 3.16. The number of rotatable bonds is 3. The number of benzene rings is 1. The molecule has 118 valence electrons. The van der Waals surface area contributed by atoms with E-state index in [4.69, 9.17) is 10.9 Å². The van der Waals surface area contributed by atoms with Crippen LogP contribution in [0, 0.1) is 5.82 Å². The van der Waals surface area contributed by atoms with Crippen molar-refractivity contribution in [2.45, 2.75) is 4.90 Å². The van der Waals surface area contributed by atoms with Gasteiger partial charge in [-0.2, -0.15) is 17.0 Å². The van der Waals surface area contributed by atoms with Crippen LogP contribution in [0.3, 0.4) is 0 Å². The second-order valence-corrected chi connectivity index (χ2v) is 7.93. The molecule has 0 amide bonds. The van der Waals surface area contributed by atoms with Crippen molar-refractivity contribution in [3.05, 3.63) is 24.0 Å². The summed E-state index contributed by atoms with van der Waals surface area (Å²) in [6.45, 7) is -0.419. The van der Waals surface area contributed by atoms with Gasteiger partial charge in [-0.15, -0.1) is 0 Å². The maximum Gasteiger partial charge on any atom is 0.276 e. The van der Waals surface area contributed by atoms with Crippen LogP contribution in [0.5, 0.6) is 0 Å². The third-order valence-corrected chi connectivity index (χ3v) is 6.23. The van der Waals surface area contributed by atoms with Crippen molar-refractivity contribution in [1.29, 1.82) is 0 Å². The zero-order valence-corrected chi connectivity index (χ0v) is 12.6. The van der Waals surface area contributed by atoms with Gasteiger partial charge in [-0.3, -0.25) is 0 Å². The van der Waals surface area contributed by atoms with Crippen molar-refractivity contribution in [2.24, 2.45) is 5.14 Å². The number of piperazine rings is 1. The highest BCUT2D eigenvalue weighted by atomic mass is 32.2. The van der Waals surface area contributed by atoms with E-state index >= 15 is 0 Å². The number of hydrogen-bond acceptors (Lipinski definition) is 5. The SMILES string of the molecule is Nc1cccc(F)c1S(=O)(=O)N1CCN(S(N)(=O)=O)CC1. The average Bonchev–Trinajstić information content (AvgIpc) is 2.37. The molecule has 8 nitrogen and oxygen atoms in total. The van der Waals surface area contributed by atoms with Gasteiger partial charge in [0.15, 0.2) is 0 Å². The number of nitrogens with zero attached hydrogens (tertiary/aromatic N) is 2. The van der Waals surface area contributed by atoms with Crippen molar-refractivity contribution in [2.75, 3.05) is 31.9 Å². The highest BCUT2D eigenvalue weighted by Gasteiger charge is 2.34. The Kier molecular flexibility index (Phi) is 4.22. The first kappa shape index (κ1) is 16.1. The van der Waals surface area contributed by atoms with E-state index in [1.54, 1.807) is 0 Å². The first-order chi connectivity index (χ1) is 9.64. The summed E-state index contributed by atoms with van der Waals surface area (Å²) in [4.78, 5) is -0.589. The van der Waals surface area contributed by atoms with Crippen molar-refractivity contribution < 1.29 is 21.2 Å². The quantitative estimate of drug-likeness (QED) is 0.678. The average molecular weight is 338 g/mol. The van der Waals surface area contributed by atoms with Gasteiger partial charge in [0, 0.05) is 26.2 Å². The van der Waals surface area contributed by atoms with E-state index in [2.05, 4.69) is 0 Å². The van der Waals surface area contributed by atoms with Crippen LogP contribution in [0.25, 0.3) is 0 Å². The van der Waals surface area contributed by atoms with Gasteiger partial charge < -0.3 is 5.73 Å². The summed E-state index contributed by atoms with van der Waals surface area (Å²) < 4.78 is 62.8. The minimum Gasteiger partial charge on any atom is -0.398 e. The Morgan fingerprint density at radius 3 is 2.00 bits per heavy atom. The van der Waals surface area contributed by atoms with Gasteiger partial charge >= 0.3 is 0 Å². The van der Waals surface area contributed by atoms with E-state index < -0.39 is 30.9 Å². The summed E-state index contributed by atoms with van der Waals surface area (Å²) in [7, 11) is -7.98. The number of nitrogens with two attached hydrogens (primary N) is 2. The molecular weight excluding hydrogens is 323 g/mol. The molecule has 0 bridgehead atoms. The first-order valence-corrected chi connectivity index (χ1v) is 8.90. The van der Waals surface area contributed by atoms with Gasteiger partial charge in [-0.25, -0.2) is 17.9 Å². The molecule has 11 heteroatoms. The van der Waals surface area contributed by atoms with Gasteiger partial charge in [-0.1, -0.05) is 6.07 Å². The number of sulfonamides is 1. The van der Waals surface area contributed by atoms with Crippen LogP contribution in [-0.4, -0.2) is 51.6 Å². The molecule has 21 heavy (non-hydrogen) atoms. The van der Waals surface area contributed by atoms with E-state index in [0.29, 0.717) is 0 Å². The fourth-order valence-corrected chi connectivity index (χ4v) is 4.35. The molecule has 0 saturated carbocycles. The molecule has 0 aromatic heterocycles. The molecule has 0 radical (unpaired) electrons. The van der Waals surface area contributed by atoms with Crippen molar-refractivity contribution in [3.63, 3.8) is 0 Å². The van der Waals surface area contributed by atoms with E-state index in [1.165, 1.54) is 12.1 Å². The van der Waals surface area contributed by atoms with Crippen LogP contribution in [-0.2, 0) is 20.2 Å². The molecule has 0 unspecified atom stereocenters. The lowest BCUT2D eigenvalue weighted by Crippen LogP contribution is -2.52. The maximum absolute atomic E-state index is 13.8. The number of nitrogen functional groups attached to an aromatic ring is 1. The molecule has 0 aliphatic carbocycles. The number of anilines is 1. The van der Waals surface area contributed by atoms with Crippen molar-refractivity contribution >= 4 is 25.9 Å². The fraction of sp³-hybridized carbons (Fsp3) is 0.400. The molecule has 1 aromatic rings. The Balaban J connectivity index is 2.27. The van der Waals surface area contributed by atoms with Crippen LogP contribution in [0.15, 0.2) is 23.1 Å². The molecule has 1 aliphatic heterocycles. The van der Waals surface area contributed by atoms with E-state index in [9.17, 15) is 21.2 Å². The Morgan fingerprint density at radius 1 is 1.00 bits per heavy atom. The second-order valence-electron chi connectivity index (χ2n) is 4.51. The van der Waals surface area contributed by atoms with Gasteiger partial charge in [0.25, 0.3) is 10.2 Å². The monoisotopic (exact) mass is 338 g/mol. The lowest BCUT2D eigenvalue weighted by molar-refractivity contribution is 0.272. The Hall–Kier alpha value is -1.27. The van der Waals surface area contributed by atoms with E-state index in [1.807, 2.05) is 0 Å². The predicted octanol–water partition coefficient (Wildman–Crippen LogP) is -1.08. The topological polar surface area (TPSA) is 127 Å². The van der Waals surface area contributed by atoms with Crippen molar-refractivity contribution in [3.8, 4) is 0 Å². The molecule has 1 aliphatic rings. The summed E-state index contributed by atoms with van der Waals surface area (Å²) in [5.74, 6) is -0.941. The second kappa shape index (κ2) is 5.50. The minimum atomic E-state index is -4.12. The van der Waals surface area contributed by atoms with E-state index in [-0.39, 0.29) is 31.9 Å². The lowest BCUT2D eigenvalue weighted by Gasteiger charge is -2.32. The molecule has 0 spiro atoms. The van der Waals surface area contributed by atoms with Gasteiger partial charge in [0.05, 0.1) is 5.69 Å². The smallest absolute Gasteiger partial charge is 0.276 e. The minimum absolute atomic E-state index is 0.0909. The fourth-order valence-electron chi connectivity index (χ4n) is 2.09. The summed E-state index contributed by atoms with van der Waals surface area (Å²) in [6.07, 6.45) is 0. The van der Waals surface area contributed by atoms with Crippen LogP contribution in [0.4, 0.5) is 10.1 Å². The Bertz CT molecular complexity index is 722. The van der Waals surface area contributed by atoms with Crippen LogP contribution in [0.2, 0.25) is 0 Å². The molecule has 0 atom stereocenters. The Labute approximate surface area is 122 Å². The molecule has 4 N–H and O–H groups in total. The van der Waals surface area contributed by atoms with Crippen LogP contribution in [0.1, 0.15) is 0 Å². The van der Waals surface area contributed by atoms with Crippen LogP contribution < -0.4 is 10.9 Å². The van der Waals surface area contributed by atoms with Gasteiger partial charge in [0.1, 0.15) is 10.7 Å². The summed E-state index contributed by atoms with van der Waals surface area (Å²) in [6, 6.07) is 3.60. The Morgan fingerprint density at radius 2 is 1.52 bits per heavy atom. The molecule has 1 aromatic carbocycles. The summed E-state index contributed by atoms with van der Waals surface area (Å²) in [5, 5.41) is 4.97. The maximum atomic E-state index is 13.8. The molecule has 1 fully saturated rings. The summed E-state index contributed by atoms with van der Waals surface area (Å²) in [5.41, 5.74) is 5.35. The lowest BCUT2D eigenvalue weighted by atomic mass is 10.3. The predicted molar refractivity (Wildman–Crippen MR) is 74.3 cm³/mol. The standard InChI is InChI=1S/C10H15FN4O4S2/c11-8-2-1-3-9(12)10(8)20(16,17)14-4-6-15(7-5-14)21(13,18)19/h1-3H,4-7,12H2,(H2,13,18,19). The van der Waals surface area contributed by atoms with Crippen molar-refractivity contribution in [1.82, 2.24) is 8.61 Å². The zero-order valence-electron chi connectivity index (χ0n) is 10.9. The molecule has 1 heterocycles. The third-order valence-electron chi connectivity index (χ3n) is 3.15. The first-order valence-electron chi connectivity index (χ1n) is 5.96. The molecule has 1 saturated heterocycles. The number of hydrogen-bond donors (Lipinski definition) is 2. The molecule has 2 rings (SSSR count). The van der Waals surface area contributed by atoms with Crippen LogP contribution >= 0.6 is 0 Å². The van der Waals surface area contributed by atoms with E-state index in [0.717, 1.165) is 14.7 Å². The highest BCUT2D eigenvalue weighted by molar-refractivity contribution is 7.89. The normalized spacial score (nSPS) is 18.8. The van der Waals surface area contributed by atoms with Gasteiger partial charge in [0.2, 0.25) is 10.0 Å².